The van der Waals surface area contributed by atoms with Gasteiger partial charge in [-0.3, -0.25) is 0 Å². The van der Waals surface area contributed by atoms with Crippen molar-refractivity contribution in [1.82, 2.24) is 15.0 Å². The van der Waals surface area contributed by atoms with Crippen molar-refractivity contribution in [3.8, 4) is 5.69 Å². The molecule has 0 amide bonds. The molecule has 4 nitrogen and oxygen atoms in total. The van der Waals surface area contributed by atoms with E-state index in [0.29, 0.717) is 16.5 Å². The second-order valence-electron chi connectivity index (χ2n) is 3.23. The topological polar surface area (TPSA) is 50.9 Å². The molecule has 0 radical (unpaired) electrons. The van der Waals surface area contributed by atoms with E-state index in [1.807, 2.05) is 0 Å². The molecular formula is C10H9Cl2N3O. The molecule has 0 aliphatic heterocycles. The Kier molecular flexibility index (Phi) is 3.43. The van der Waals surface area contributed by atoms with Crippen molar-refractivity contribution >= 4 is 23.2 Å². The summed E-state index contributed by atoms with van der Waals surface area (Å²) in [6.45, 7) is 0.0556. The van der Waals surface area contributed by atoms with E-state index >= 15 is 0 Å². The van der Waals surface area contributed by atoms with Crippen LogP contribution in [0.15, 0.2) is 24.4 Å². The molecule has 0 aliphatic rings. The molecule has 2 rings (SSSR count). The van der Waals surface area contributed by atoms with Crippen molar-refractivity contribution in [2.75, 3.05) is 6.61 Å². The molecule has 1 aromatic heterocycles. The van der Waals surface area contributed by atoms with Crippen LogP contribution in [0.3, 0.4) is 0 Å². The number of nitrogens with zero attached hydrogens (tertiary/aromatic N) is 3. The van der Waals surface area contributed by atoms with Crippen molar-refractivity contribution in [1.29, 1.82) is 0 Å². The van der Waals surface area contributed by atoms with Gasteiger partial charge in [0.05, 0.1) is 27.6 Å². The first-order valence-corrected chi connectivity index (χ1v) is 5.44. The third kappa shape index (κ3) is 2.35. The number of aliphatic hydroxyl groups excluding tert-OH is 1. The number of hydrogen-bond acceptors (Lipinski definition) is 3. The van der Waals surface area contributed by atoms with Crippen molar-refractivity contribution in [3.63, 3.8) is 0 Å². The summed E-state index contributed by atoms with van der Waals surface area (Å²) >= 11 is 11.7. The molecule has 84 valence electrons. The highest BCUT2D eigenvalue weighted by atomic mass is 35.5. The summed E-state index contributed by atoms with van der Waals surface area (Å²) in [4.78, 5) is 0. The zero-order valence-electron chi connectivity index (χ0n) is 8.27. The van der Waals surface area contributed by atoms with Gasteiger partial charge < -0.3 is 5.11 Å². The molecule has 1 heterocycles. The van der Waals surface area contributed by atoms with Crippen molar-refractivity contribution in [3.05, 3.63) is 40.1 Å². The summed E-state index contributed by atoms with van der Waals surface area (Å²) < 4.78 is 1.59. The van der Waals surface area contributed by atoms with Gasteiger partial charge in [0.1, 0.15) is 0 Å². The van der Waals surface area contributed by atoms with E-state index in [0.717, 1.165) is 11.4 Å². The molecule has 2 aromatic rings. The fraction of sp³-hybridized carbons (Fsp3) is 0.200. The molecule has 0 spiro atoms. The average Bonchev–Trinajstić information content (AvgIpc) is 2.71. The highest BCUT2D eigenvalue weighted by molar-refractivity contribution is 6.42. The van der Waals surface area contributed by atoms with Gasteiger partial charge in [-0.15, -0.1) is 5.10 Å². The number of benzene rings is 1. The van der Waals surface area contributed by atoms with E-state index in [2.05, 4.69) is 10.3 Å². The molecule has 0 fully saturated rings. The first-order chi connectivity index (χ1) is 7.70. The zero-order valence-corrected chi connectivity index (χ0v) is 9.78. The number of halogens is 2. The van der Waals surface area contributed by atoms with Crippen LogP contribution in [0.2, 0.25) is 10.0 Å². The van der Waals surface area contributed by atoms with Gasteiger partial charge in [0.15, 0.2) is 0 Å². The molecule has 0 unspecified atom stereocenters. The maximum Gasteiger partial charge on any atom is 0.0854 e. The lowest BCUT2D eigenvalue weighted by Gasteiger charge is -2.01. The smallest absolute Gasteiger partial charge is 0.0854 e. The quantitative estimate of drug-likeness (QED) is 0.917. The number of hydrogen-bond donors (Lipinski definition) is 1. The molecule has 1 aromatic carbocycles. The Balaban J connectivity index is 2.31. The van der Waals surface area contributed by atoms with E-state index in [-0.39, 0.29) is 6.61 Å². The van der Waals surface area contributed by atoms with Gasteiger partial charge in [0.2, 0.25) is 0 Å². The van der Waals surface area contributed by atoms with Gasteiger partial charge in [-0.1, -0.05) is 28.4 Å². The third-order valence-corrected chi connectivity index (χ3v) is 2.82. The Hall–Kier alpha value is -1.10. The van der Waals surface area contributed by atoms with E-state index in [1.54, 1.807) is 29.1 Å². The van der Waals surface area contributed by atoms with E-state index in [4.69, 9.17) is 28.3 Å². The molecule has 0 aliphatic carbocycles. The monoisotopic (exact) mass is 257 g/mol. The standard InChI is InChI=1S/C10H9Cl2N3O/c11-9-2-1-8(5-10(9)12)15-6-7(3-4-16)13-14-15/h1-2,5-6,16H,3-4H2. The van der Waals surface area contributed by atoms with E-state index in [9.17, 15) is 0 Å². The lowest BCUT2D eigenvalue weighted by atomic mass is 10.3. The number of rotatable bonds is 3. The molecule has 6 heteroatoms. The number of aliphatic hydroxyl groups is 1. The van der Waals surface area contributed by atoms with E-state index in [1.165, 1.54) is 0 Å². The first-order valence-electron chi connectivity index (χ1n) is 4.68. The Labute approximate surface area is 102 Å². The van der Waals surface area contributed by atoms with Gasteiger partial charge in [-0.05, 0) is 18.2 Å². The first kappa shape index (κ1) is 11.4. The third-order valence-electron chi connectivity index (χ3n) is 2.08. The van der Waals surface area contributed by atoms with Crippen LogP contribution in [0.25, 0.3) is 5.69 Å². The van der Waals surface area contributed by atoms with Gasteiger partial charge in [-0.25, -0.2) is 4.68 Å². The highest BCUT2D eigenvalue weighted by Crippen LogP contribution is 2.24. The van der Waals surface area contributed by atoms with Crippen LogP contribution in [-0.2, 0) is 6.42 Å². The summed E-state index contributed by atoms with van der Waals surface area (Å²) in [6, 6.07) is 5.21. The van der Waals surface area contributed by atoms with Crippen molar-refractivity contribution < 1.29 is 5.11 Å². The van der Waals surface area contributed by atoms with Crippen LogP contribution in [0.5, 0.6) is 0 Å². The van der Waals surface area contributed by atoms with Crippen molar-refractivity contribution in [2.45, 2.75) is 6.42 Å². The maximum absolute atomic E-state index is 8.76. The Morgan fingerprint density at radius 1 is 1.25 bits per heavy atom. The summed E-state index contributed by atoms with van der Waals surface area (Å²) in [5.41, 5.74) is 1.51. The Morgan fingerprint density at radius 2 is 2.06 bits per heavy atom. The van der Waals surface area contributed by atoms with E-state index < -0.39 is 0 Å². The second-order valence-corrected chi connectivity index (χ2v) is 4.04. The van der Waals surface area contributed by atoms with Crippen LogP contribution in [-0.4, -0.2) is 26.7 Å². The molecule has 16 heavy (non-hydrogen) atoms. The fourth-order valence-electron chi connectivity index (χ4n) is 1.28. The normalized spacial score (nSPS) is 10.7. The highest BCUT2D eigenvalue weighted by Gasteiger charge is 2.04. The van der Waals surface area contributed by atoms with Gasteiger partial charge in [0.25, 0.3) is 0 Å². The molecule has 0 saturated heterocycles. The molecular weight excluding hydrogens is 249 g/mol. The average molecular weight is 258 g/mol. The number of aromatic nitrogens is 3. The van der Waals surface area contributed by atoms with Gasteiger partial charge in [0, 0.05) is 13.0 Å². The Morgan fingerprint density at radius 3 is 2.75 bits per heavy atom. The fourth-order valence-corrected chi connectivity index (χ4v) is 1.57. The molecule has 0 bridgehead atoms. The molecule has 0 saturated carbocycles. The summed E-state index contributed by atoms with van der Waals surface area (Å²) in [5.74, 6) is 0. The summed E-state index contributed by atoms with van der Waals surface area (Å²) in [6.07, 6.45) is 2.23. The lowest BCUT2D eigenvalue weighted by molar-refractivity contribution is 0.298. The lowest BCUT2D eigenvalue weighted by Crippen LogP contribution is -1.94. The summed E-state index contributed by atoms with van der Waals surface area (Å²) in [7, 11) is 0. The van der Waals surface area contributed by atoms with Crippen LogP contribution in [0.1, 0.15) is 5.69 Å². The minimum Gasteiger partial charge on any atom is -0.396 e. The predicted molar refractivity (Wildman–Crippen MR) is 62.2 cm³/mol. The second kappa shape index (κ2) is 4.82. The minimum absolute atomic E-state index is 0.0556. The molecule has 1 N–H and O–H groups in total. The van der Waals surface area contributed by atoms with Gasteiger partial charge in [-0.2, -0.15) is 0 Å². The minimum atomic E-state index is 0.0556. The van der Waals surface area contributed by atoms with Crippen LogP contribution < -0.4 is 0 Å². The molecule has 0 atom stereocenters. The maximum atomic E-state index is 8.76. The zero-order chi connectivity index (χ0) is 11.5. The van der Waals surface area contributed by atoms with Crippen LogP contribution in [0, 0.1) is 0 Å². The van der Waals surface area contributed by atoms with Gasteiger partial charge >= 0.3 is 0 Å². The summed E-state index contributed by atoms with van der Waals surface area (Å²) in [5, 5.41) is 17.6. The van der Waals surface area contributed by atoms with Crippen LogP contribution >= 0.6 is 23.2 Å². The largest absolute Gasteiger partial charge is 0.396 e. The Bertz CT molecular complexity index is 499. The van der Waals surface area contributed by atoms with Crippen molar-refractivity contribution in [2.24, 2.45) is 0 Å². The predicted octanol–water partition coefficient (Wildman–Crippen LogP) is 2.11. The SMILES string of the molecule is OCCc1cn(-c2ccc(Cl)c(Cl)c2)nn1. The van der Waals surface area contributed by atoms with Crippen LogP contribution in [0.4, 0.5) is 0 Å².